The summed E-state index contributed by atoms with van der Waals surface area (Å²) in [6.07, 6.45) is 4.70. The number of fused-ring (bicyclic) bond motifs is 2. The molecule has 0 saturated carbocycles. The number of carbonyl (C=O) groups excluding carboxylic acids is 2. The van der Waals surface area contributed by atoms with Gasteiger partial charge in [0.15, 0.2) is 6.61 Å². The van der Waals surface area contributed by atoms with E-state index < -0.39 is 5.97 Å². The maximum Gasteiger partial charge on any atom is 0.357 e. The first kappa shape index (κ1) is 19.1. The number of nitrogens with zero attached hydrogens (tertiary/aromatic N) is 1. The van der Waals surface area contributed by atoms with Crippen molar-refractivity contribution >= 4 is 22.8 Å². The molecule has 148 valence electrons. The van der Waals surface area contributed by atoms with Crippen LogP contribution in [0.25, 0.3) is 10.9 Å². The number of carbonyl (C=O) groups is 2. The van der Waals surface area contributed by atoms with Crippen LogP contribution in [0.2, 0.25) is 0 Å². The fourth-order valence-electron chi connectivity index (χ4n) is 3.77. The average Bonchev–Trinajstić information content (AvgIpc) is 2.76. The first-order valence-electron chi connectivity index (χ1n) is 10.0. The minimum absolute atomic E-state index is 0.146. The number of aryl methyl sites for hydroxylation is 2. The molecule has 0 bridgehead atoms. The first-order chi connectivity index (χ1) is 14.1. The third-order valence-electron chi connectivity index (χ3n) is 5.39. The van der Waals surface area contributed by atoms with E-state index in [0.717, 1.165) is 23.8 Å². The van der Waals surface area contributed by atoms with Crippen molar-refractivity contribution in [1.29, 1.82) is 0 Å². The van der Waals surface area contributed by atoms with Crippen LogP contribution in [0.15, 0.2) is 54.6 Å². The van der Waals surface area contributed by atoms with Crippen molar-refractivity contribution in [3.8, 4) is 0 Å². The molecule has 4 rings (SSSR count). The molecule has 1 N–H and O–H groups in total. The Hall–Kier alpha value is -3.21. The van der Waals surface area contributed by atoms with Gasteiger partial charge in [0.2, 0.25) is 0 Å². The molecule has 5 nitrogen and oxygen atoms in total. The monoisotopic (exact) mass is 388 g/mol. The zero-order valence-electron chi connectivity index (χ0n) is 16.5. The van der Waals surface area contributed by atoms with Gasteiger partial charge < -0.3 is 10.1 Å². The van der Waals surface area contributed by atoms with E-state index in [-0.39, 0.29) is 24.2 Å². The molecule has 0 fully saturated rings. The molecule has 0 radical (unpaired) electrons. The zero-order valence-corrected chi connectivity index (χ0v) is 16.5. The Labute approximate surface area is 170 Å². The normalized spacial score (nSPS) is 14.1. The molecular weight excluding hydrogens is 364 g/mol. The van der Waals surface area contributed by atoms with Gasteiger partial charge in [-0.1, -0.05) is 42.5 Å². The number of rotatable bonds is 5. The molecule has 2 aromatic carbocycles. The van der Waals surface area contributed by atoms with Crippen LogP contribution in [0.4, 0.5) is 0 Å². The van der Waals surface area contributed by atoms with Crippen LogP contribution in [0.5, 0.6) is 0 Å². The van der Waals surface area contributed by atoms with Crippen molar-refractivity contribution in [2.75, 3.05) is 6.61 Å². The number of esters is 1. The molecule has 0 saturated heterocycles. The van der Waals surface area contributed by atoms with E-state index in [2.05, 4.69) is 28.5 Å². The lowest BCUT2D eigenvalue weighted by Gasteiger charge is -2.20. The summed E-state index contributed by atoms with van der Waals surface area (Å²) in [6, 6.07) is 17.2. The molecule has 1 amide bonds. The Bertz CT molecular complexity index is 1060. The van der Waals surface area contributed by atoms with Gasteiger partial charge in [0, 0.05) is 5.39 Å². The third kappa shape index (κ3) is 4.45. The Kier molecular flexibility index (Phi) is 5.56. The predicted molar refractivity (Wildman–Crippen MR) is 112 cm³/mol. The summed E-state index contributed by atoms with van der Waals surface area (Å²) in [5.41, 5.74) is 4.77. The maximum atomic E-state index is 12.3. The quantitative estimate of drug-likeness (QED) is 0.667. The molecule has 1 aromatic heterocycles. The van der Waals surface area contributed by atoms with Crippen molar-refractivity contribution in [2.24, 2.45) is 0 Å². The van der Waals surface area contributed by atoms with Gasteiger partial charge in [-0.25, -0.2) is 9.78 Å². The number of pyridine rings is 1. The van der Waals surface area contributed by atoms with Crippen LogP contribution >= 0.6 is 0 Å². The number of para-hydroxylation sites is 1. The van der Waals surface area contributed by atoms with Gasteiger partial charge in [0.1, 0.15) is 5.69 Å². The largest absolute Gasteiger partial charge is 0.451 e. The van der Waals surface area contributed by atoms with E-state index in [4.69, 9.17) is 4.74 Å². The molecule has 0 aliphatic heterocycles. The summed E-state index contributed by atoms with van der Waals surface area (Å²) < 4.78 is 5.15. The van der Waals surface area contributed by atoms with E-state index in [1.54, 1.807) is 6.07 Å². The topological polar surface area (TPSA) is 68.3 Å². The summed E-state index contributed by atoms with van der Waals surface area (Å²) in [7, 11) is 0. The number of benzene rings is 2. The molecule has 1 heterocycles. The van der Waals surface area contributed by atoms with Crippen molar-refractivity contribution in [3.05, 3.63) is 77.0 Å². The summed E-state index contributed by atoms with van der Waals surface area (Å²) >= 11 is 0. The highest BCUT2D eigenvalue weighted by Crippen LogP contribution is 2.24. The Morgan fingerprint density at radius 2 is 1.83 bits per heavy atom. The minimum Gasteiger partial charge on any atom is -0.451 e. The van der Waals surface area contributed by atoms with Crippen LogP contribution < -0.4 is 5.32 Å². The molecule has 29 heavy (non-hydrogen) atoms. The SMILES string of the molecule is C[C@@H](NC(=O)COC(=O)c1ccc2ccccc2n1)c1ccc2c(c1)CCCC2. The molecule has 3 aromatic rings. The Balaban J connectivity index is 1.33. The number of hydrogen-bond acceptors (Lipinski definition) is 4. The lowest BCUT2D eigenvalue weighted by atomic mass is 9.89. The highest BCUT2D eigenvalue weighted by Gasteiger charge is 2.16. The second kappa shape index (κ2) is 8.43. The van der Waals surface area contributed by atoms with E-state index >= 15 is 0 Å². The van der Waals surface area contributed by atoms with Crippen LogP contribution in [-0.4, -0.2) is 23.5 Å². The second-order valence-electron chi connectivity index (χ2n) is 7.49. The first-order valence-corrected chi connectivity index (χ1v) is 10.0. The van der Waals surface area contributed by atoms with Crippen LogP contribution in [0, 0.1) is 0 Å². The lowest BCUT2D eigenvalue weighted by molar-refractivity contribution is -0.124. The Morgan fingerprint density at radius 1 is 1.03 bits per heavy atom. The van der Waals surface area contributed by atoms with Gasteiger partial charge in [-0.15, -0.1) is 0 Å². The number of ether oxygens (including phenoxy) is 1. The zero-order chi connectivity index (χ0) is 20.2. The summed E-state index contributed by atoms with van der Waals surface area (Å²) in [5, 5.41) is 3.85. The van der Waals surface area contributed by atoms with Crippen LogP contribution in [0.3, 0.4) is 0 Å². The number of nitrogens with one attached hydrogen (secondary N) is 1. The van der Waals surface area contributed by atoms with Gasteiger partial charge in [-0.3, -0.25) is 4.79 Å². The fraction of sp³-hybridized carbons (Fsp3) is 0.292. The molecule has 1 atom stereocenters. The lowest BCUT2D eigenvalue weighted by Crippen LogP contribution is -2.31. The maximum absolute atomic E-state index is 12.3. The third-order valence-corrected chi connectivity index (χ3v) is 5.39. The summed E-state index contributed by atoms with van der Waals surface area (Å²) in [4.78, 5) is 28.8. The van der Waals surface area contributed by atoms with Gasteiger partial charge in [-0.2, -0.15) is 0 Å². The van der Waals surface area contributed by atoms with Gasteiger partial charge >= 0.3 is 5.97 Å². The number of aromatic nitrogens is 1. The van der Waals surface area contributed by atoms with Gasteiger partial charge in [0.25, 0.3) is 5.91 Å². The van der Waals surface area contributed by atoms with E-state index in [0.29, 0.717) is 5.52 Å². The van der Waals surface area contributed by atoms with Crippen molar-refractivity contribution in [1.82, 2.24) is 10.3 Å². The van der Waals surface area contributed by atoms with Crippen LogP contribution in [-0.2, 0) is 22.4 Å². The molecule has 0 spiro atoms. The number of amides is 1. The van der Waals surface area contributed by atoms with Gasteiger partial charge in [0.05, 0.1) is 11.6 Å². The van der Waals surface area contributed by atoms with Crippen molar-refractivity contribution < 1.29 is 14.3 Å². The average molecular weight is 388 g/mol. The minimum atomic E-state index is -0.604. The molecule has 1 aliphatic rings. The second-order valence-corrected chi connectivity index (χ2v) is 7.49. The standard InChI is InChI=1S/C24H24N2O3/c1-16(19-11-10-17-6-2-3-8-20(17)14-19)25-23(27)15-29-24(28)22-13-12-18-7-4-5-9-21(18)26-22/h4-5,7,9-14,16H,2-3,6,8,15H2,1H3,(H,25,27)/t16-/m1/s1. The Morgan fingerprint density at radius 3 is 2.69 bits per heavy atom. The highest BCUT2D eigenvalue weighted by atomic mass is 16.5. The molecule has 0 unspecified atom stereocenters. The molecular formula is C24H24N2O3. The summed E-state index contributed by atoms with van der Waals surface area (Å²) in [5.74, 6) is -0.934. The van der Waals surface area contributed by atoms with Gasteiger partial charge in [-0.05, 0) is 61.4 Å². The van der Waals surface area contributed by atoms with Crippen LogP contribution in [0.1, 0.15) is 53.0 Å². The molecule has 1 aliphatic carbocycles. The predicted octanol–water partition coefficient (Wildman–Crippen LogP) is 4.15. The van der Waals surface area contributed by atoms with Crippen molar-refractivity contribution in [2.45, 2.75) is 38.6 Å². The van der Waals surface area contributed by atoms with Crippen molar-refractivity contribution in [3.63, 3.8) is 0 Å². The van der Waals surface area contributed by atoms with E-state index in [1.807, 2.05) is 37.3 Å². The van der Waals surface area contributed by atoms with E-state index in [9.17, 15) is 9.59 Å². The fourth-order valence-corrected chi connectivity index (χ4v) is 3.77. The van der Waals surface area contributed by atoms with E-state index in [1.165, 1.54) is 24.0 Å². The summed E-state index contributed by atoms with van der Waals surface area (Å²) in [6.45, 7) is 1.61. The highest BCUT2D eigenvalue weighted by molar-refractivity contribution is 5.92. The molecule has 5 heteroatoms. The smallest absolute Gasteiger partial charge is 0.357 e. The number of hydrogen-bond donors (Lipinski definition) is 1.